The maximum atomic E-state index is 12.9. The summed E-state index contributed by atoms with van der Waals surface area (Å²) in [6, 6.07) is 1.92. The third-order valence-electron chi connectivity index (χ3n) is 3.97. The monoisotopic (exact) mass is 246 g/mol. The Balaban J connectivity index is 2.31. The fourth-order valence-electron chi connectivity index (χ4n) is 2.95. The van der Waals surface area contributed by atoms with Crippen LogP contribution in [0.25, 0.3) is 0 Å². The standard InChI is InChI=1S/C15H22N2O/c1-3-6-15(7-4-8-17-11-15)14(18)13-10-16-9-5-12(13)2/h5,9-10,17H,3-4,6-8,11H2,1-2H3. The Morgan fingerprint density at radius 3 is 3.00 bits per heavy atom. The largest absolute Gasteiger partial charge is 0.316 e. The molecule has 18 heavy (non-hydrogen) atoms. The summed E-state index contributed by atoms with van der Waals surface area (Å²) in [5.41, 5.74) is 1.63. The van der Waals surface area contributed by atoms with Crippen molar-refractivity contribution in [3.63, 3.8) is 0 Å². The molecule has 0 amide bonds. The Morgan fingerprint density at radius 2 is 2.39 bits per heavy atom. The highest BCUT2D eigenvalue weighted by Crippen LogP contribution is 2.35. The lowest BCUT2D eigenvalue weighted by atomic mass is 9.71. The summed E-state index contributed by atoms with van der Waals surface area (Å²) in [6.07, 6.45) is 7.58. The molecule has 1 N–H and O–H groups in total. The van der Waals surface area contributed by atoms with Crippen molar-refractivity contribution < 1.29 is 4.79 Å². The van der Waals surface area contributed by atoms with Crippen molar-refractivity contribution in [1.29, 1.82) is 0 Å². The minimum atomic E-state index is -0.208. The smallest absolute Gasteiger partial charge is 0.172 e. The van der Waals surface area contributed by atoms with Crippen molar-refractivity contribution in [1.82, 2.24) is 10.3 Å². The molecule has 0 saturated carbocycles. The van der Waals surface area contributed by atoms with Gasteiger partial charge >= 0.3 is 0 Å². The number of piperidine rings is 1. The number of nitrogens with zero attached hydrogens (tertiary/aromatic N) is 1. The van der Waals surface area contributed by atoms with E-state index >= 15 is 0 Å². The van der Waals surface area contributed by atoms with Crippen molar-refractivity contribution in [3.05, 3.63) is 29.6 Å². The van der Waals surface area contributed by atoms with Crippen LogP contribution in [0.15, 0.2) is 18.5 Å². The second kappa shape index (κ2) is 5.61. The molecule has 1 saturated heterocycles. The molecule has 0 aliphatic carbocycles. The molecule has 2 rings (SSSR count). The Bertz CT molecular complexity index is 417. The predicted molar refractivity (Wildman–Crippen MR) is 72.7 cm³/mol. The van der Waals surface area contributed by atoms with Gasteiger partial charge in [-0.2, -0.15) is 0 Å². The summed E-state index contributed by atoms with van der Waals surface area (Å²) >= 11 is 0. The summed E-state index contributed by atoms with van der Waals surface area (Å²) < 4.78 is 0. The van der Waals surface area contributed by atoms with E-state index in [9.17, 15) is 4.79 Å². The predicted octanol–water partition coefficient (Wildman–Crippen LogP) is 2.74. The lowest BCUT2D eigenvalue weighted by Crippen LogP contribution is -2.45. The minimum absolute atomic E-state index is 0.208. The molecule has 0 radical (unpaired) electrons. The van der Waals surface area contributed by atoms with E-state index in [0.29, 0.717) is 0 Å². The number of ketones is 1. The number of hydrogen-bond donors (Lipinski definition) is 1. The lowest BCUT2D eigenvalue weighted by molar-refractivity contribution is 0.0717. The number of rotatable bonds is 4. The molecular formula is C15H22N2O. The van der Waals surface area contributed by atoms with Crippen molar-refractivity contribution in [2.75, 3.05) is 13.1 Å². The van der Waals surface area contributed by atoms with Gasteiger partial charge in [0.05, 0.1) is 0 Å². The Kier molecular flexibility index (Phi) is 4.12. The number of hydrogen-bond acceptors (Lipinski definition) is 3. The number of carbonyl (C=O) groups is 1. The number of aromatic nitrogens is 1. The number of Topliss-reactive ketones (excluding diaryl/α,β-unsaturated/α-hetero) is 1. The van der Waals surface area contributed by atoms with Gasteiger partial charge in [0.25, 0.3) is 0 Å². The van der Waals surface area contributed by atoms with Crippen LogP contribution in [0.2, 0.25) is 0 Å². The second-order valence-electron chi connectivity index (χ2n) is 5.33. The van der Waals surface area contributed by atoms with Gasteiger partial charge in [0.15, 0.2) is 5.78 Å². The average Bonchev–Trinajstić information content (AvgIpc) is 2.40. The topological polar surface area (TPSA) is 42.0 Å². The van der Waals surface area contributed by atoms with E-state index in [0.717, 1.165) is 49.9 Å². The van der Waals surface area contributed by atoms with E-state index in [1.54, 1.807) is 12.4 Å². The van der Waals surface area contributed by atoms with E-state index in [1.165, 1.54) is 0 Å². The fraction of sp³-hybridized carbons (Fsp3) is 0.600. The van der Waals surface area contributed by atoms with Gasteiger partial charge in [0.2, 0.25) is 0 Å². The quantitative estimate of drug-likeness (QED) is 0.831. The fourth-order valence-corrected chi connectivity index (χ4v) is 2.95. The minimum Gasteiger partial charge on any atom is -0.316 e. The summed E-state index contributed by atoms with van der Waals surface area (Å²) in [7, 11) is 0. The van der Waals surface area contributed by atoms with Gasteiger partial charge in [0.1, 0.15) is 0 Å². The molecule has 1 aromatic heterocycles. The van der Waals surface area contributed by atoms with Crippen molar-refractivity contribution in [2.24, 2.45) is 5.41 Å². The van der Waals surface area contributed by atoms with Crippen molar-refractivity contribution in [3.8, 4) is 0 Å². The van der Waals surface area contributed by atoms with E-state index in [1.807, 2.05) is 13.0 Å². The molecule has 3 nitrogen and oxygen atoms in total. The molecule has 1 atom stereocenters. The number of aryl methyl sites for hydroxylation is 1. The van der Waals surface area contributed by atoms with Gasteiger partial charge < -0.3 is 5.32 Å². The van der Waals surface area contributed by atoms with Crippen LogP contribution >= 0.6 is 0 Å². The highest BCUT2D eigenvalue weighted by Gasteiger charge is 2.39. The van der Waals surface area contributed by atoms with Crippen LogP contribution in [0.3, 0.4) is 0 Å². The van der Waals surface area contributed by atoms with Crippen LogP contribution in [0, 0.1) is 12.3 Å². The van der Waals surface area contributed by atoms with Crippen LogP contribution in [-0.4, -0.2) is 23.9 Å². The molecular weight excluding hydrogens is 224 g/mol. The van der Waals surface area contributed by atoms with Crippen LogP contribution < -0.4 is 5.32 Å². The van der Waals surface area contributed by atoms with Gasteiger partial charge in [-0.1, -0.05) is 13.3 Å². The summed E-state index contributed by atoms with van der Waals surface area (Å²) in [4.78, 5) is 17.0. The summed E-state index contributed by atoms with van der Waals surface area (Å²) in [5, 5.41) is 3.39. The molecule has 1 fully saturated rings. The van der Waals surface area contributed by atoms with E-state index in [-0.39, 0.29) is 11.2 Å². The van der Waals surface area contributed by atoms with E-state index < -0.39 is 0 Å². The molecule has 0 bridgehead atoms. The third-order valence-corrected chi connectivity index (χ3v) is 3.97. The van der Waals surface area contributed by atoms with Crippen molar-refractivity contribution >= 4 is 5.78 Å². The molecule has 1 unspecified atom stereocenters. The van der Waals surface area contributed by atoms with Crippen LogP contribution in [-0.2, 0) is 0 Å². The van der Waals surface area contributed by atoms with Crippen LogP contribution in [0.5, 0.6) is 0 Å². The Hall–Kier alpha value is -1.22. The van der Waals surface area contributed by atoms with Gasteiger partial charge in [-0.3, -0.25) is 9.78 Å². The first-order chi connectivity index (χ1) is 8.69. The lowest BCUT2D eigenvalue weighted by Gasteiger charge is -2.36. The molecule has 1 aromatic rings. The van der Waals surface area contributed by atoms with Gasteiger partial charge in [-0.15, -0.1) is 0 Å². The molecule has 98 valence electrons. The molecule has 0 spiro atoms. The number of carbonyl (C=O) groups excluding carboxylic acids is 1. The van der Waals surface area contributed by atoms with Crippen LogP contribution in [0.1, 0.15) is 48.5 Å². The van der Waals surface area contributed by atoms with Gasteiger partial charge in [-0.05, 0) is 44.4 Å². The molecule has 0 aromatic carbocycles. The first-order valence-corrected chi connectivity index (χ1v) is 6.86. The average molecular weight is 246 g/mol. The number of pyridine rings is 1. The number of nitrogens with one attached hydrogen (secondary N) is 1. The Morgan fingerprint density at radius 1 is 1.56 bits per heavy atom. The van der Waals surface area contributed by atoms with E-state index in [2.05, 4.69) is 17.2 Å². The van der Waals surface area contributed by atoms with Crippen LogP contribution in [0.4, 0.5) is 0 Å². The first kappa shape index (κ1) is 13.2. The Labute approximate surface area is 109 Å². The maximum Gasteiger partial charge on any atom is 0.172 e. The first-order valence-electron chi connectivity index (χ1n) is 6.86. The van der Waals surface area contributed by atoms with E-state index in [4.69, 9.17) is 0 Å². The van der Waals surface area contributed by atoms with Gasteiger partial charge in [0, 0.05) is 29.9 Å². The molecule has 1 aliphatic heterocycles. The SMILES string of the molecule is CCCC1(C(=O)c2cnccc2C)CCCNC1. The molecule has 1 aliphatic rings. The van der Waals surface area contributed by atoms with Crippen molar-refractivity contribution in [2.45, 2.75) is 39.5 Å². The molecule has 2 heterocycles. The van der Waals surface area contributed by atoms with Gasteiger partial charge in [-0.25, -0.2) is 0 Å². The molecule has 3 heteroatoms. The zero-order valence-electron chi connectivity index (χ0n) is 11.3. The highest BCUT2D eigenvalue weighted by atomic mass is 16.1. The highest BCUT2D eigenvalue weighted by molar-refractivity contribution is 6.01. The zero-order valence-corrected chi connectivity index (χ0v) is 11.3. The third kappa shape index (κ3) is 2.46. The maximum absolute atomic E-state index is 12.9. The second-order valence-corrected chi connectivity index (χ2v) is 5.33. The summed E-state index contributed by atoms with van der Waals surface area (Å²) in [5.74, 6) is 0.280. The summed E-state index contributed by atoms with van der Waals surface area (Å²) in [6.45, 7) is 5.99. The normalized spacial score (nSPS) is 23.9. The zero-order chi connectivity index (χ0) is 13.0.